The van der Waals surface area contributed by atoms with Crippen molar-refractivity contribution in [2.24, 2.45) is 5.41 Å². The van der Waals surface area contributed by atoms with Crippen molar-refractivity contribution in [2.75, 3.05) is 18.5 Å². The molecule has 2 N–H and O–H groups in total. The van der Waals surface area contributed by atoms with Gasteiger partial charge >= 0.3 is 0 Å². The van der Waals surface area contributed by atoms with E-state index in [9.17, 15) is 9.59 Å². The summed E-state index contributed by atoms with van der Waals surface area (Å²) < 4.78 is 7.40. The van der Waals surface area contributed by atoms with E-state index in [-0.39, 0.29) is 12.3 Å². The summed E-state index contributed by atoms with van der Waals surface area (Å²) in [4.78, 5) is 28.5. The molecule has 1 saturated heterocycles. The molecule has 0 bridgehead atoms. The summed E-state index contributed by atoms with van der Waals surface area (Å²) in [7, 11) is 0. The van der Waals surface area contributed by atoms with Crippen molar-refractivity contribution < 1.29 is 14.3 Å². The van der Waals surface area contributed by atoms with Crippen LogP contribution in [0.25, 0.3) is 11.0 Å². The number of aromatic nitrogens is 3. The zero-order valence-electron chi connectivity index (χ0n) is 18.5. The van der Waals surface area contributed by atoms with Crippen LogP contribution in [0.1, 0.15) is 58.2 Å². The van der Waals surface area contributed by atoms with Gasteiger partial charge in [-0.3, -0.25) is 4.79 Å². The third-order valence-corrected chi connectivity index (χ3v) is 5.57. The second-order valence-electron chi connectivity index (χ2n) is 8.55. The largest absolute Gasteiger partial charge is 0.381 e. The van der Waals surface area contributed by atoms with Gasteiger partial charge in [-0.1, -0.05) is 20.8 Å². The SMILES string of the molecule is CCc1nc2c(cnn2CC)c(NC2CCOCC2)c1CNC(=O)CC(C)(C)C=O. The summed E-state index contributed by atoms with van der Waals surface area (Å²) in [5.74, 6) is -0.143. The predicted octanol–water partition coefficient (Wildman–Crippen LogP) is 2.84. The maximum absolute atomic E-state index is 12.5. The van der Waals surface area contributed by atoms with E-state index in [0.29, 0.717) is 12.6 Å². The van der Waals surface area contributed by atoms with Gasteiger partial charge in [-0.25, -0.2) is 9.67 Å². The average molecular weight is 416 g/mol. The topological polar surface area (TPSA) is 98.1 Å². The molecule has 0 unspecified atom stereocenters. The fourth-order valence-electron chi connectivity index (χ4n) is 3.81. The van der Waals surface area contributed by atoms with Gasteiger partial charge in [0.25, 0.3) is 0 Å². The van der Waals surface area contributed by atoms with E-state index in [2.05, 4.69) is 22.7 Å². The number of carbonyl (C=O) groups excluding carboxylic acids is 2. The number of ether oxygens (including phenoxy) is 1. The van der Waals surface area contributed by atoms with E-state index in [1.807, 2.05) is 17.8 Å². The molecule has 0 atom stereocenters. The zero-order valence-corrected chi connectivity index (χ0v) is 18.5. The lowest BCUT2D eigenvalue weighted by Gasteiger charge is -2.27. The van der Waals surface area contributed by atoms with Crippen LogP contribution in [-0.4, -0.2) is 46.2 Å². The highest BCUT2D eigenvalue weighted by Crippen LogP contribution is 2.31. The molecule has 1 amide bonds. The Morgan fingerprint density at radius 3 is 2.70 bits per heavy atom. The number of aryl methyl sites for hydroxylation is 2. The van der Waals surface area contributed by atoms with E-state index in [0.717, 1.165) is 73.3 Å². The maximum atomic E-state index is 12.5. The fourth-order valence-corrected chi connectivity index (χ4v) is 3.81. The van der Waals surface area contributed by atoms with Crippen molar-refractivity contribution in [3.05, 3.63) is 17.5 Å². The Morgan fingerprint density at radius 2 is 2.07 bits per heavy atom. The maximum Gasteiger partial charge on any atom is 0.221 e. The van der Waals surface area contributed by atoms with Crippen LogP contribution in [0, 0.1) is 5.41 Å². The number of anilines is 1. The molecule has 8 nitrogen and oxygen atoms in total. The van der Waals surface area contributed by atoms with Crippen LogP contribution < -0.4 is 10.6 Å². The Balaban J connectivity index is 1.94. The van der Waals surface area contributed by atoms with E-state index >= 15 is 0 Å². The monoisotopic (exact) mass is 415 g/mol. The molecular weight excluding hydrogens is 382 g/mol. The lowest BCUT2D eigenvalue weighted by atomic mass is 9.91. The third-order valence-electron chi connectivity index (χ3n) is 5.57. The van der Waals surface area contributed by atoms with Crippen molar-refractivity contribution in [1.82, 2.24) is 20.1 Å². The highest BCUT2D eigenvalue weighted by atomic mass is 16.5. The number of carbonyl (C=O) groups is 2. The van der Waals surface area contributed by atoms with Crippen LogP contribution in [0.4, 0.5) is 5.69 Å². The number of pyridine rings is 1. The van der Waals surface area contributed by atoms with Crippen molar-refractivity contribution in [3.63, 3.8) is 0 Å². The summed E-state index contributed by atoms with van der Waals surface area (Å²) in [6, 6.07) is 0.308. The minimum absolute atomic E-state index is 0.143. The van der Waals surface area contributed by atoms with Gasteiger partial charge in [0.1, 0.15) is 6.29 Å². The van der Waals surface area contributed by atoms with Crippen LogP contribution in [0.2, 0.25) is 0 Å². The molecule has 0 spiro atoms. The number of rotatable bonds is 9. The Labute approximate surface area is 177 Å². The van der Waals surface area contributed by atoms with E-state index in [1.54, 1.807) is 13.8 Å². The molecule has 3 rings (SSSR count). The minimum Gasteiger partial charge on any atom is -0.381 e. The van der Waals surface area contributed by atoms with Crippen molar-refractivity contribution in [3.8, 4) is 0 Å². The quantitative estimate of drug-likeness (QED) is 0.611. The van der Waals surface area contributed by atoms with E-state index in [1.165, 1.54) is 0 Å². The Kier molecular flexibility index (Phi) is 7.07. The normalized spacial score (nSPS) is 15.3. The van der Waals surface area contributed by atoms with E-state index in [4.69, 9.17) is 9.72 Å². The van der Waals surface area contributed by atoms with Crippen LogP contribution in [0.15, 0.2) is 6.20 Å². The lowest BCUT2D eigenvalue weighted by Crippen LogP contribution is -2.31. The fraction of sp³-hybridized carbons (Fsp3) is 0.636. The number of nitrogens with zero attached hydrogens (tertiary/aromatic N) is 3. The van der Waals surface area contributed by atoms with Crippen LogP contribution in [0.3, 0.4) is 0 Å². The number of hydrogen-bond donors (Lipinski definition) is 2. The first-order chi connectivity index (χ1) is 14.4. The summed E-state index contributed by atoms with van der Waals surface area (Å²) >= 11 is 0. The van der Waals surface area contributed by atoms with Crippen molar-refractivity contribution in [1.29, 1.82) is 0 Å². The highest BCUT2D eigenvalue weighted by Gasteiger charge is 2.24. The zero-order chi connectivity index (χ0) is 21.7. The first-order valence-electron chi connectivity index (χ1n) is 10.8. The molecule has 8 heteroatoms. The van der Waals surface area contributed by atoms with Gasteiger partial charge < -0.3 is 20.2 Å². The number of hydrogen-bond acceptors (Lipinski definition) is 6. The summed E-state index contributed by atoms with van der Waals surface area (Å²) in [5.41, 5.74) is 3.12. The van der Waals surface area contributed by atoms with Gasteiger partial charge in [-0.05, 0) is 26.2 Å². The Morgan fingerprint density at radius 1 is 1.33 bits per heavy atom. The molecule has 0 saturated carbocycles. The Hall–Kier alpha value is -2.48. The van der Waals surface area contributed by atoms with E-state index < -0.39 is 5.41 Å². The molecule has 2 aromatic rings. The van der Waals surface area contributed by atoms with Gasteiger partial charge in [-0.15, -0.1) is 0 Å². The van der Waals surface area contributed by atoms with Crippen molar-refractivity contribution in [2.45, 2.75) is 72.5 Å². The molecule has 1 aliphatic rings. The molecule has 3 heterocycles. The Bertz CT molecular complexity index is 900. The van der Waals surface area contributed by atoms with Gasteiger partial charge in [-0.2, -0.15) is 5.10 Å². The molecular formula is C22H33N5O3. The first kappa shape index (κ1) is 22.2. The third kappa shape index (κ3) is 4.98. The first-order valence-corrected chi connectivity index (χ1v) is 10.8. The van der Waals surface area contributed by atoms with Crippen LogP contribution >= 0.6 is 0 Å². The van der Waals surface area contributed by atoms with Crippen LogP contribution in [0.5, 0.6) is 0 Å². The minimum atomic E-state index is -0.675. The van der Waals surface area contributed by atoms with Gasteiger partial charge in [0, 0.05) is 55.4 Å². The average Bonchev–Trinajstić information content (AvgIpc) is 3.16. The van der Waals surface area contributed by atoms with Gasteiger partial charge in [0.05, 0.1) is 17.3 Å². The number of aldehydes is 1. The number of fused-ring (bicyclic) bond motifs is 1. The number of amides is 1. The van der Waals surface area contributed by atoms with Gasteiger partial charge in [0.2, 0.25) is 5.91 Å². The summed E-state index contributed by atoms with van der Waals surface area (Å²) in [6.45, 7) is 10.2. The molecule has 164 valence electrons. The van der Waals surface area contributed by atoms with Gasteiger partial charge in [0.15, 0.2) is 5.65 Å². The highest BCUT2D eigenvalue weighted by molar-refractivity contribution is 5.92. The van der Waals surface area contributed by atoms with Crippen LogP contribution in [-0.2, 0) is 33.8 Å². The second-order valence-corrected chi connectivity index (χ2v) is 8.55. The molecule has 30 heavy (non-hydrogen) atoms. The molecule has 2 aromatic heterocycles. The second kappa shape index (κ2) is 9.55. The molecule has 0 aromatic carbocycles. The number of nitrogens with one attached hydrogen (secondary N) is 2. The standard InChI is InChI=1S/C22H33N5O3/c1-5-18-16(12-23-19(29)11-22(3,4)14-28)20(25-15-7-9-30-10-8-15)17-13-24-27(6-2)21(17)26-18/h13-15H,5-12H2,1-4H3,(H,23,29)(H,25,26). The lowest BCUT2D eigenvalue weighted by molar-refractivity contribution is -0.127. The predicted molar refractivity (Wildman–Crippen MR) is 116 cm³/mol. The molecule has 0 aliphatic carbocycles. The molecule has 1 fully saturated rings. The molecule has 1 aliphatic heterocycles. The molecule has 0 radical (unpaired) electrons. The summed E-state index contributed by atoms with van der Waals surface area (Å²) in [5, 5.41) is 12.2. The summed E-state index contributed by atoms with van der Waals surface area (Å²) in [6.07, 6.45) is 5.46. The smallest absolute Gasteiger partial charge is 0.221 e. The van der Waals surface area contributed by atoms with Crippen molar-refractivity contribution >= 4 is 28.9 Å².